The van der Waals surface area contributed by atoms with E-state index in [4.69, 9.17) is 9.47 Å². The number of aliphatic hydroxyl groups is 1. The van der Waals surface area contributed by atoms with Gasteiger partial charge in [-0.25, -0.2) is 0 Å². The third kappa shape index (κ3) is 12.3. The van der Waals surface area contributed by atoms with E-state index < -0.39 is 64.7 Å². The van der Waals surface area contributed by atoms with Crippen LogP contribution >= 0.6 is 0 Å². The Morgan fingerprint density at radius 3 is 2.06 bits per heavy atom. The molecule has 0 saturated carbocycles. The van der Waals surface area contributed by atoms with E-state index in [0.717, 1.165) is 43.7 Å². The minimum atomic E-state index is -5.14. The van der Waals surface area contributed by atoms with Gasteiger partial charge >= 0.3 is 37.7 Å². The molecule has 6 rings (SSSR count). The summed E-state index contributed by atoms with van der Waals surface area (Å²) in [6, 6.07) is 22.8. The van der Waals surface area contributed by atoms with Crippen LogP contribution in [-0.2, 0) is 31.1 Å². The fraction of sp³-hybridized carbons (Fsp3) is 0.306. The van der Waals surface area contributed by atoms with Gasteiger partial charge in [0.2, 0.25) is 5.90 Å². The number of ether oxygens (including phenoxy) is 2. The molecule has 0 unspecified atom stereocenters. The summed E-state index contributed by atoms with van der Waals surface area (Å²) in [5.74, 6) is -1.27. The van der Waals surface area contributed by atoms with Gasteiger partial charge in [0.1, 0.15) is 27.8 Å². The molecule has 0 bridgehead atoms. The zero-order chi connectivity index (χ0) is 49.1. The molecule has 4 N–H and O–H groups in total. The van der Waals surface area contributed by atoms with Crippen LogP contribution in [0, 0.1) is 0 Å². The van der Waals surface area contributed by atoms with Crippen molar-refractivity contribution in [1.82, 2.24) is 0 Å². The molecule has 6 aromatic carbocycles. The Labute approximate surface area is 425 Å². The molecule has 0 amide bonds. The van der Waals surface area contributed by atoms with E-state index in [1.165, 1.54) is 41.5 Å². The molecular weight excluding hydrogens is 941 g/mol. The maximum atomic E-state index is 13.6. The second kappa shape index (κ2) is 21.5. The van der Waals surface area contributed by atoms with Gasteiger partial charge in [0.25, 0.3) is 20.2 Å². The van der Waals surface area contributed by atoms with Crippen LogP contribution in [0.15, 0.2) is 121 Å². The van der Waals surface area contributed by atoms with E-state index in [9.17, 15) is 46.4 Å². The molecule has 0 radical (unpaired) electrons. The first kappa shape index (κ1) is 53.6. The molecule has 0 aliphatic carbocycles. The number of aliphatic imine (C=N–C) groups is 2. The minimum Gasteiger partial charge on any atom is -0.872 e. The molecule has 0 aliphatic heterocycles. The molecule has 354 valence electrons. The van der Waals surface area contributed by atoms with Gasteiger partial charge in [0, 0.05) is 23.1 Å². The van der Waals surface area contributed by atoms with Crippen LogP contribution in [0.3, 0.4) is 0 Å². The molecule has 0 heterocycles. The fourth-order valence-corrected chi connectivity index (χ4v) is 8.38. The predicted octanol–water partition coefficient (Wildman–Crippen LogP) is 10.0. The second-order valence-corrected chi connectivity index (χ2v) is 20.0. The largest absolute Gasteiger partial charge is 2.00 e. The van der Waals surface area contributed by atoms with E-state index in [-0.39, 0.29) is 94.0 Å². The molecule has 0 spiro atoms. The molecule has 16 nitrogen and oxygen atoms in total. The van der Waals surface area contributed by atoms with Gasteiger partial charge in [-0.05, 0) is 120 Å². The van der Waals surface area contributed by atoms with Crippen molar-refractivity contribution in [3.05, 3.63) is 108 Å². The number of aromatic hydroxyl groups is 1. The van der Waals surface area contributed by atoms with Gasteiger partial charge < -0.3 is 29.9 Å². The standard InChI is InChI=1S/C49H54N4O12S2.Ca/c1-8-48(4,5)31-16-21-40(38(26-31)49(6,7)9-2)64-23-13-12-22-50-47(57)37-28-41(35-14-10-11-15-36(35)45(37)55)65-33-19-17-32(18-20-33)52-53-44-42(67(61,62)63)25-30-24-34(66(58,59)60)27-39(51-29(3)54)43(30)46(44)56;/h10-11,14-21,24-28,55-56H,8-9,12-13,22-23H2,1-7H3,(H,50,57)(H,51,54)(H,58,59,60)(H,61,62,63);/q;+2/p-2. The number of benzene rings is 6. The van der Waals surface area contributed by atoms with Crippen molar-refractivity contribution in [2.45, 2.75) is 94.8 Å². The average molecular weight is 993 g/mol. The van der Waals surface area contributed by atoms with E-state index >= 15 is 0 Å². The van der Waals surface area contributed by atoms with Gasteiger partial charge in [0.05, 0.1) is 28.3 Å². The average Bonchev–Trinajstić information content (AvgIpc) is 3.27. The summed E-state index contributed by atoms with van der Waals surface area (Å²) >= 11 is 0. The number of fused-ring (bicyclic) bond motifs is 2. The molecular formula is C49H52CaN4O12S2. The zero-order valence-corrected chi connectivity index (χ0v) is 42.6. The molecule has 6 aromatic rings. The number of nitrogens with zero attached hydrogens (tertiary/aromatic N) is 4. The van der Waals surface area contributed by atoms with E-state index in [1.807, 2.05) is 0 Å². The van der Waals surface area contributed by atoms with Crippen molar-refractivity contribution >= 4 is 108 Å². The summed E-state index contributed by atoms with van der Waals surface area (Å²) in [7, 11) is -10.0. The molecule has 68 heavy (non-hydrogen) atoms. The first-order chi connectivity index (χ1) is 31.4. The monoisotopic (exact) mass is 992 g/mol. The van der Waals surface area contributed by atoms with Crippen LogP contribution < -0.4 is 19.7 Å². The Hall–Kier alpha value is -5.34. The number of aliphatic hydroxyl groups excluding tert-OH is 1. The van der Waals surface area contributed by atoms with Crippen LogP contribution in [-0.4, -0.2) is 98.8 Å². The Balaban J connectivity index is 0.00000864. The van der Waals surface area contributed by atoms with Crippen LogP contribution in [0.5, 0.6) is 28.7 Å². The number of unbranched alkanes of at least 4 members (excludes halogenated alkanes) is 1. The van der Waals surface area contributed by atoms with Crippen molar-refractivity contribution in [3.8, 4) is 28.7 Å². The molecule has 0 saturated heterocycles. The van der Waals surface area contributed by atoms with Crippen LogP contribution in [0.2, 0.25) is 0 Å². The minimum absolute atomic E-state index is 0. The summed E-state index contributed by atoms with van der Waals surface area (Å²) in [6.45, 7) is 15.0. The predicted molar refractivity (Wildman–Crippen MR) is 260 cm³/mol. The third-order valence-corrected chi connectivity index (χ3v) is 13.5. The summed E-state index contributed by atoms with van der Waals surface area (Å²) < 4.78 is 80.9. The maximum absolute atomic E-state index is 13.6. The summed E-state index contributed by atoms with van der Waals surface area (Å²) in [4.78, 5) is 6.28. The summed E-state index contributed by atoms with van der Waals surface area (Å²) in [5.41, 5.74) is 1.25. The zero-order valence-electron chi connectivity index (χ0n) is 38.8. The van der Waals surface area contributed by atoms with Crippen molar-refractivity contribution in [2.24, 2.45) is 20.2 Å². The number of phenolic OH excluding ortho intramolecular Hbond substituents is 1. The summed E-state index contributed by atoms with van der Waals surface area (Å²) in [5, 5.41) is 55.8. The third-order valence-electron chi connectivity index (χ3n) is 11.8. The van der Waals surface area contributed by atoms with Crippen molar-refractivity contribution in [3.63, 3.8) is 0 Å². The number of hydrogen-bond acceptors (Lipinski definition) is 13. The van der Waals surface area contributed by atoms with Crippen molar-refractivity contribution < 1.29 is 55.8 Å². The summed E-state index contributed by atoms with van der Waals surface area (Å²) in [6.07, 6.45) is 3.19. The SMILES string of the molecule is CCC(C)(C)c1ccc(OCCCCN=C(O)c2cc(Oc3ccc(N=Nc4c(S(=O)(=O)O)cc5cc(S(=O)(=O)O)cc(N=C(C)[O-])c5c4O)cc3)c3ccccc3c2[O-])c(C(C)(C)CC)c1.[Ca+2]. The first-order valence-corrected chi connectivity index (χ1v) is 24.3. The second-order valence-electron chi connectivity index (χ2n) is 17.2. The Morgan fingerprint density at radius 1 is 0.779 bits per heavy atom. The van der Waals surface area contributed by atoms with E-state index in [0.29, 0.717) is 24.8 Å². The van der Waals surface area contributed by atoms with Crippen LogP contribution in [0.4, 0.5) is 17.1 Å². The van der Waals surface area contributed by atoms with Gasteiger partial charge in [-0.2, -0.15) is 21.9 Å². The van der Waals surface area contributed by atoms with Gasteiger partial charge in [-0.1, -0.05) is 83.7 Å². The van der Waals surface area contributed by atoms with Crippen LogP contribution in [0.1, 0.15) is 90.8 Å². The van der Waals surface area contributed by atoms with Crippen molar-refractivity contribution in [2.75, 3.05) is 13.2 Å². The fourth-order valence-electron chi connectivity index (χ4n) is 7.19. The van der Waals surface area contributed by atoms with E-state index in [1.54, 1.807) is 24.3 Å². The first-order valence-electron chi connectivity index (χ1n) is 21.4. The molecule has 0 aliphatic rings. The smallest absolute Gasteiger partial charge is 0.872 e. The molecule has 0 fully saturated rings. The Kier molecular flexibility index (Phi) is 17.0. The number of phenols is 1. The normalized spacial score (nSPS) is 13.0. The topological polar surface area (TPSA) is 263 Å². The molecule has 19 heteroatoms. The number of hydrogen-bond donors (Lipinski definition) is 4. The number of azo groups is 1. The Morgan fingerprint density at radius 2 is 1.44 bits per heavy atom. The maximum Gasteiger partial charge on any atom is 2.00 e. The van der Waals surface area contributed by atoms with Crippen LogP contribution in [0.25, 0.3) is 21.5 Å². The number of rotatable bonds is 18. The van der Waals surface area contributed by atoms with Crippen molar-refractivity contribution in [1.29, 1.82) is 0 Å². The van der Waals surface area contributed by atoms with E-state index in [2.05, 4.69) is 80.0 Å². The quantitative estimate of drug-likeness (QED) is 0.0157. The molecule has 0 atom stereocenters. The van der Waals surface area contributed by atoms with Gasteiger partial charge in [0.15, 0.2) is 5.75 Å². The Bertz CT molecular complexity index is 3170. The van der Waals surface area contributed by atoms with Gasteiger partial charge in [-0.15, -0.1) is 5.11 Å². The van der Waals surface area contributed by atoms with Gasteiger partial charge in [-0.3, -0.25) is 19.1 Å². The molecule has 0 aromatic heterocycles.